The second kappa shape index (κ2) is 10.4. The molecule has 1 aromatic heterocycles. The molecule has 0 radical (unpaired) electrons. The molecule has 2 aromatic rings. The number of nitro groups is 1. The molecule has 1 N–H and O–H groups in total. The Morgan fingerprint density at radius 3 is 2.34 bits per heavy atom. The largest absolute Gasteiger partial charge is 0.353 e. The van der Waals surface area contributed by atoms with Crippen molar-refractivity contribution in [1.82, 2.24) is 15.2 Å². The fraction of sp³-hybridized carbons (Fsp3) is 0.409. The first kappa shape index (κ1) is 23.5. The molecule has 1 aliphatic heterocycles. The number of amides is 2. The van der Waals surface area contributed by atoms with Crippen LogP contribution in [0.2, 0.25) is 5.02 Å². The lowest BCUT2D eigenvalue weighted by atomic mass is 9.97. The SMILES string of the molecule is CCC(C)C(NC(=O)c1ccc(Cl)cc1)C(=O)N1CCN(c2ccc([N+](=O)[O-])cn2)CC1. The summed E-state index contributed by atoms with van der Waals surface area (Å²) in [6, 6.07) is 8.95. The highest BCUT2D eigenvalue weighted by Gasteiger charge is 2.32. The standard InChI is InChI=1S/C22H26ClN5O4/c1-3-15(2)20(25-21(29)16-4-6-17(23)7-5-16)22(30)27-12-10-26(11-13-27)19-9-8-18(14-24-19)28(31)32/h4-9,14-15,20H,3,10-13H2,1-2H3,(H,25,29). The van der Waals surface area contributed by atoms with Crippen LogP contribution in [0.5, 0.6) is 0 Å². The number of carbonyl (C=O) groups excluding carboxylic acids is 2. The highest BCUT2D eigenvalue weighted by atomic mass is 35.5. The minimum absolute atomic E-state index is 0.0341. The number of pyridine rings is 1. The summed E-state index contributed by atoms with van der Waals surface area (Å²) in [6.07, 6.45) is 1.97. The Kier molecular flexibility index (Phi) is 7.63. The number of aromatic nitrogens is 1. The summed E-state index contributed by atoms with van der Waals surface area (Å²) in [5, 5.41) is 14.2. The third-order valence-electron chi connectivity index (χ3n) is 5.73. The highest BCUT2D eigenvalue weighted by Crippen LogP contribution is 2.19. The second-order valence-electron chi connectivity index (χ2n) is 7.79. The molecule has 1 fully saturated rings. The number of hydrogen-bond donors (Lipinski definition) is 1. The zero-order valence-corrected chi connectivity index (χ0v) is 18.8. The Hall–Kier alpha value is -3.20. The van der Waals surface area contributed by atoms with Gasteiger partial charge < -0.3 is 15.1 Å². The Bertz CT molecular complexity index is 959. The lowest BCUT2D eigenvalue weighted by molar-refractivity contribution is -0.385. The van der Waals surface area contributed by atoms with Crippen molar-refractivity contribution in [2.45, 2.75) is 26.3 Å². The van der Waals surface area contributed by atoms with Crippen LogP contribution in [-0.4, -0.2) is 58.8 Å². The van der Waals surface area contributed by atoms with Gasteiger partial charge >= 0.3 is 0 Å². The Morgan fingerprint density at radius 1 is 1.16 bits per heavy atom. The van der Waals surface area contributed by atoms with Crippen LogP contribution in [0, 0.1) is 16.0 Å². The van der Waals surface area contributed by atoms with E-state index in [-0.39, 0.29) is 23.4 Å². The lowest BCUT2D eigenvalue weighted by Crippen LogP contribution is -2.56. The van der Waals surface area contributed by atoms with Crippen molar-refractivity contribution >= 4 is 34.9 Å². The maximum Gasteiger partial charge on any atom is 0.287 e. The summed E-state index contributed by atoms with van der Waals surface area (Å²) in [6.45, 7) is 5.98. The van der Waals surface area contributed by atoms with E-state index in [4.69, 9.17) is 11.6 Å². The van der Waals surface area contributed by atoms with Crippen molar-refractivity contribution in [1.29, 1.82) is 0 Å². The van der Waals surface area contributed by atoms with Gasteiger partial charge in [-0.15, -0.1) is 0 Å². The Balaban J connectivity index is 1.64. The highest BCUT2D eigenvalue weighted by molar-refractivity contribution is 6.30. The number of nitrogens with one attached hydrogen (secondary N) is 1. The van der Waals surface area contributed by atoms with Gasteiger partial charge in [-0.1, -0.05) is 31.9 Å². The smallest absolute Gasteiger partial charge is 0.287 e. The summed E-state index contributed by atoms with van der Waals surface area (Å²) in [7, 11) is 0. The average molecular weight is 460 g/mol. The molecular weight excluding hydrogens is 434 g/mol. The van der Waals surface area contributed by atoms with E-state index in [0.717, 1.165) is 6.42 Å². The van der Waals surface area contributed by atoms with Crippen LogP contribution in [0.1, 0.15) is 30.6 Å². The van der Waals surface area contributed by atoms with Crippen LogP contribution < -0.4 is 10.2 Å². The quantitative estimate of drug-likeness (QED) is 0.503. The molecule has 32 heavy (non-hydrogen) atoms. The van der Waals surface area contributed by atoms with E-state index in [1.165, 1.54) is 12.3 Å². The van der Waals surface area contributed by atoms with Gasteiger partial charge in [0.25, 0.3) is 11.6 Å². The predicted molar refractivity (Wildman–Crippen MR) is 122 cm³/mol. The third-order valence-corrected chi connectivity index (χ3v) is 5.98. The van der Waals surface area contributed by atoms with E-state index in [0.29, 0.717) is 42.6 Å². The van der Waals surface area contributed by atoms with E-state index in [9.17, 15) is 19.7 Å². The minimum atomic E-state index is -0.632. The molecule has 1 aromatic carbocycles. The first-order chi connectivity index (χ1) is 15.3. The summed E-state index contributed by atoms with van der Waals surface area (Å²) in [5.41, 5.74) is 0.389. The Labute approximate surface area is 191 Å². The van der Waals surface area contributed by atoms with Gasteiger partial charge in [0.2, 0.25) is 5.91 Å². The molecule has 2 heterocycles. The van der Waals surface area contributed by atoms with E-state index in [2.05, 4.69) is 10.3 Å². The van der Waals surface area contributed by atoms with Crippen molar-refractivity contribution < 1.29 is 14.5 Å². The molecule has 9 nitrogen and oxygen atoms in total. The molecule has 2 unspecified atom stereocenters. The topological polar surface area (TPSA) is 109 Å². The van der Waals surface area contributed by atoms with Crippen molar-refractivity contribution in [2.75, 3.05) is 31.1 Å². The zero-order valence-electron chi connectivity index (χ0n) is 18.0. The van der Waals surface area contributed by atoms with E-state index >= 15 is 0 Å². The number of piperazine rings is 1. The Morgan fingerprint density at radius 2 is 1.81 bits per heavy atom. The van der Waals surface area contributed by atoms with Gasteiger partial charge in [-0.25, -0.2) is 4.98 Å². The first-order valence-electron chi connectivity index (χ1n) is 10.5. The number of halogens is 1. The summed E-state index contributed by atoms with van der Waals surface area (Å²) in [4.78, 5) is 44.2. The first-order valence-corrected chi connectivity index (χ1v) is 10.9. The molecule has 10 heteroatoms. The van der Waals surface area contributed by atoms with Crippen LogP contribution in [0.25, 0.3) is 0 Å². The van der Waals surface area contributed by atoms with Crippen molar-refractivity contribution in [2.24, 2.45) is 5.92 Å². The molecule has 1 aliphatic rings. The molecular formula is C22H26ClN5O4. The molecule has 2 atom stereocenters. The molecule has 0 aliphatic carbocycles. The maximum atomic E-state index is 13.3. The molecule has 2 amide bonds. The number of nitrogens with zero attached hydrogens (tertiary/aromatic N) is 4. The maximum absolute atomic E-state index is 13.3. The van der Waals surface area contributed by atoms with Gasteiger partial charge in [0.15, 0.2) is 0 Å². The fourth-order valence-electron chi connectivity index (χ4n) is 3.53. The van der Waals surface area contributed by atoms with E-state index in [1.54, 1.807) is 35.2 Å². The van der Waals surface area contributed by atoms with Crippen LogP contribution in [0.4, 0.5) is 11.5 Å². The summed E-state index contributed by atoms with van der Waals surface area (Å²) >= 11 is 5.89. The molecule has 0 bridgehead atoms. The molecule has 3 rings (SSSR count). The number of rotatable bonds is 7. The molecule has 0 saturated carbocycles. The van der Waals surface area contributed by atoms with Crippen LogP contribution in [0.3, 0.4) is 0 Å². The minimum Gasteiger partial charge on any atom is -0.353 e. The van der Waals surface area contributed by atoms with Gasteiger partial charge in [0.1, 0.15) is 18.1 Å². The number of anilines is 1. The molecule has 1 saturated heterocycles. The number of benzene rings is 1. The van der Waals surface area contributed by atoms with Crippen LogP contribution >= 0.6 is 11.6 Å². The van der Waals surface area contributed by atoms with Crippen molar-refractivity contribution in [3.05, 3.63) is 63.3 Å². The van der Waals surface area contributed by atoms with Gasteiger partial charge in [-0.05, 0) is 36.2 Å². The van der Waals surface area contributed by atoms with Gasteiger partial charge in [0.05, 0.1) is 4.92 Å². The van der Waals surface area contributed by atoms with Gasteiger partial charge in [-0.2, -0.15) is 0 Å². The number of hydrogen-bond acceptors (Lipinski definition) is 6. The summed E-state index contributed by atoms with van der Waals surface area (Å²) < 4.78 is 0. The third kappa shape index (κ3) is 5.53. The second-order valence-corrected chi connectivity index (χ2v) is 8.22. The lowest BCUT2D eigenvalue weighted by Gasteiger charge is -2.38. The van der Waals surface area contributed by atoms with E-state index < -0.39 is 11.0 Å². The molecule has 0 spiro atoms. The van der Waals surface area contributed by atoms with Crippen LogP contribution in [0.15, 0.2) is 42.6 Å². The fourth-order valence-corrected chi connectivity index (χ4v) is 3.66. The van der Waals surface area contributed by atoms with Crippen LogP contribution in [-0.2, 0) is 4.79 Å². The monoisotopic (exact) mass is 459 g/mol. The average Bonchev–Trinajstić information content (AvgIpc) is 2.82. The van der Waals surface area contributed by atoms with Gasteiger partial charge in [-0.3, -0.25) is 19.7 Å². The molecule has 170 valence electrons. The normalized spacial score (nSPS) is 15.7. The van der Waals surface area contributed by atoms with Crippen molar-refractivity contribution in [3.63, 3.8) is 0 Å². The predicted octanol–water partition coefficient (Wildman–Crippen LogP) is 3.14. The van der Waals surface area contributed by atoms with Gasteiger partial charge in [0, 0.05) is 42.8 Å². The zero-order chi connectivity index (χ0) is 23.3. The van der Waals surface area contributed by atoms with E-state index in [1.807, 2.05) is 18.7 Å². The summed E-state index contributed by atoms with van der Waals surface area (Å²) in [5.74, 6) is 0.178. The number of carbonyl (C=O) groups is 2. The van der Waals surface area contributed by atoms with Crippen molar-refractivity contribution in [3.8, 4) is 0 Å².